The van der Waals surface area contributed by atoms with E-state index in [0.717, 1.165) is 28.7 Å². The number of H-pyrrole nitrogens is 1. The summed E-state index contributed by atoms with van der Waals surface area (Å²) in [7, 11) is 2.18. The highest BCUT2D eigenvalue weighted by Crippen LogP contribution is 2.39. The van der Waals surface area contributed by atoms with E-state index in [0.29, 0.717) is 6.04 Å². The van der Waals surface area contributed by atoms with Gasteiger partial charge < -0.3 is 15.2 Å². The average Bonchev–Trinajstić information content (AvgIpc) is 3.12. The first kappa shape index (κ1) is 12.1. The molecule has 106 valence electrons. The van der Waals surface area contributed by atoms with Gasteiger partial charge in [0.15, 0.2) is 0 Å². The van der Waals surface area contributed by atoms with E-state index in [4.69, 9.17) is 0 Å². The Labute approximate surface area is 118 Å². The van der Waals surface area contributed by atoms with Crippen LogP contribution in [0.2, 0.25) is 0 Å². The molecule has 4 rings (SSSR count). The number of hydrogen-bond acceptors (Lipinski definition) is 4. The first-order valence-corrected chi connectivity index (χ1v) is 7.54. The maximum absolute atomic E-state index is 4.52. The minimum atomic E-state index is 0.609. The van der Waals surface area contributed by atoms with Crippen molar-refractivity contribution in [1.82, 2.24) is 20.3 Å². The number of rotatable bonds is 2. The van der Waals surface area contributed by atoms with Crippen molar-refractivity contribution in [2.45, 2.75) is 25.3 Å². The van der Waals surface area contributed by atoms with E-state index in [1.807, 2.05) is 6.20 Å². The molecular weight excluding hydrogens is 250 g/mol. The third-order valence-electron chi connectivity index (χ3n) is 5.13. The molecule has 1 aliphatic carbocycles. The molecule has 2 unspecified atom stereocenters. The lowest BCUT2D eigenvalue weighted by molar-refractivity contribution is 0.295. The highest BCUT2D eigenvalue weighted by atomic mass is 15.2. The molecule has 3 atom stereocenters. The molecule has 1 saturated heterocycles. The molecule has 0 amide bonds. The van der Waals surface area contributed by atoms with E-state index < -0.39 is 0 Å². The Morgan fingerprint density at radius 2 is 2.15 bits per heavy atom. The van der Waals surface area contributed by atoms with Gasteiger partial charge >= 0.3 is 0 Å². The molecule has 0 bridgehead atoms. The van der Waals surface area contributed by atoms with Crippen LogP contribution in [0.4, 0.5) is 5.82 Å². The normalized spacial score (nSPS) is 29.6. The second-order valence-electron chi connectivity index (χ2n) is 6.19. The number of anilines is 1. The van der Waals surface area contributed by atoms with Crippen LogP contribution in [0.5, 0.6) is 0 Å². The summed E-state index contributed by atoms with van der Waals surface area (Å²) in [6, 6.07) is 2.68. The third kappa shape index (κ3) is 1.88. The molecule has 0 aromatic carbocycles. The number of aromatic nitrogens is 3. The van der Waals surface area contributed by atoms with Gasteiger partial charge in [-0.25, -0.2) is 9.97 Å². The first-order valence-electron chi connectivity index (χ1n) is 7.54. The van der Waals surface area contributed by atoms with Crippen molar-refractivity contribution in [2.24, 2.45) is 11.8 Å². The summed E-state index contributed by atoms with van der Waals surface area (Å²) in [6.45, 7) is 2.38. The maximum Gasteiger partial charge on any atom is 0.142 e. The van der Waals surface area contributed by atoms with Crippen molar-refractivity contribution >= 4 is 16.9 Å². The fourth-order valence-electron chi connectivity index (χ4n) is 3.99. The van der Waals surface area contributed by atoms with Crippen LogP contribution in [0.25, 0.3) is 11.0 Å². The molecule has 2 aromatic rings. The number of aromatic amines is 1. The van der Waals surface area contributed by atoms with Gasteiger partial charge in [0.05, 0.1) is 5.39 Å². The fraction of sp³-hybridized carbons (Fsp3) is 0.600. The summed E-state index contributed by atoms with van der Waals surface area (Å²) < 4.78 is 0. The smallest absolute Gasteiger partial charge is 0.142 e. The summed E-state index contributed by atoms with van der Waals surface area (Å²) in [4.78, 5) is 14.3. The van der Waals surface area contributed by atoms with Gasteiger partial charge in [0.25, 0.3) is 0 Å². The maximum atomic E-state index is 4.52. The zero-order chi connectivity index (χ0) is 13.5. The summed E-state index contributed by atoms with van der Waals surface area (Å²) in [6.07, 6.45) is 7.52. The predicted molar refractivity (Wildman–Crippen MR) is 79.8 cm³/mol. The summed E-state index contributed by atoms with van der Waals surface area (Å²) in [5, 5.41) is 4.66. The minimum absolute atomic E-state index is 0.609. The molecular formula is C15H21N5. The molecule has 20 heavy (non-hydrogen) atoms. The lowest BCUT2D eigenvalue weighted by atomic mass is 9.90. The Hall–Kier alpha value is -1.62. The second kappa shape index (κ2) is 4.74. The predicted octanol–water partition coefficient (Wildman–Crippen LogP) is 1.78. The Morgan fingerprint density at radius 1 is 1.25 bits per heavy atom. The van der Waals surface area contributed by atoms with E-state index in [1.165, 1.54) is 32.4 Å². The standard InChI is InChI=1S/C15H21N5/c1-20(12-6-10-2-4-16-8-11(10)7-12)15-13-3-5-17-14(13)18-9-19-15/h3,5,9-12,16H,2,4,6-8H2,1H3,(H,17,18,19)/t10-,11?,12?/m0/s1. The molecule has 1 saturated carbocycles. The van der Waals surface area contributed by atoms with Crippen molar-refractivity contribution in [3.8, 4) is 0 Å². The quantitative estimate of drug-likeness (QED) is 0.874. The van der Waals surface area contributed by atoms with Gasteiger partial charge in [0, 0.05) is 19.3 Å². The third-order valence-corrected chi connectivity index (χ3v) is 5.13. The molecule has 2 aromatic heterocycles. The Morgan fingerprint density at radius 3 is 3.05 bits per heavy atom. The van der Waals surface area contributed by atoms with Crippen LogP contribution in [-0.2, 0) is 0 Å². The lowest BCUT2D eigenvalue weighted by Crippen LogP contribution is -2.33. The monoisotopic (exact) mass is 271 g/mol. The highest BCUT2D eigenvalue weighted by molar-refractivity contribution is 5.87. The van der Waals surface area contributed by atoms with Gasteiger partial charge in [-0.05, 0) is 50.3 Å². The number of nitrogens with one attached hydrogen (secondary N) is 2. The van der Waals surface area contributed by atoms with Crippen LogP contribution in [0.3, 0.4) is 0 Å². The van der Waals surface area contributed by atoms with E-state index in [-0.39, 0.29) is 0 Å². The Balaban J connectivity index is 1.61. The molecule has 5 nitrogen and oxygen atoms in total. The molecule has 2 fully saturated rings. The van der Waals surface area contributed by atoms with Gasteiger partial charge in [0.1, 0.15) is 17.8 Å². The van der Waals surface area contributed by atoms with E-state index >= 15 is 0 Å². The van der Waals surface area contributed by atoms with E-state index in [2.05, 4.69) is 38.3 Å². The molecule has 5 heteroatoms. The molecule has 0 radical (unpaired) electrons. The van der Waals surface area contributed by atoms with E-state index in [1.54, 1.807) is 6.33 Å². The first-order chi connectivity index (χ1) is 9.83. The molecule has 1 aliphatic heterocycles. The highest BCUT2D eigenvalue weighted by Gasteiger charge is 2.37. The second-order valence-corrected chi connectivity index (χ2v) is 6.19. The number of hydrogen-bond donors (Lipinski definition) is 2. The Bertz CT molecular complexity index is 593. The zero-order valence-electron chi connectivity index (χ0n) is 11.8. The summed E-state index contributed by atoms with van der Waals surface area (Å²) >= 11 is 0. The van der Waals surface area contributed by atoms with Gasteiger partial charge in [-0.1, -0.05) is 0 Å². The molecule has 3 heterocycles. The van der Waals surface area contributed by atoms with Crippen molar-refractivity contribution in [1.29, 1.82) is 0 Å². The van der Waals surface area contributed by atoms with Crippen LogP contribution in [-0.4, -0.2) is 41.1 Å². The number of piperidine rings is 1. The van der Waals surface area contributed by atoms with Crippen LogP contribution in [0.15, 0.2) is 18.6 Å². The fourth-order valence-corrected chi connectivity index (χ4v) is 3.99. The summed E-state index contributed by atoms with van der Waals surface area (Å²) in [5.41, 5.74) is 0.930. The van der Waals surface area contributed by atoms with Crippen LogP contribution >= 0.6 is 0 Å². The van der Waals surface area contributed by atoms with Crippen molar-refractivity contribution in [3.05, 3.63) is 18.6 Å². The topological polar surface area (TPSA) is 56.8 Å². The van der Waals surface area contributed by atoms with Crippen molar-refractivity contribution < 1.29 is 0 Å². The van der Waals surface area contributed by atoms with Crippen molar-refractivity contribution in [3.63, 3.8) is 0 Å². The van der Waals surface area contributed by atoms with Gasteiger partial charge in [-0.3, -0.25) is 0 Å². The van der Waals surface area contributed by atoms with Gasteiger partial charge in [0.2, 0.25) is 0 Å². The van der Waals surface area contributed by atoms with Crippen LogP contribution in [0, 0.1) is 11.8 Å². The molecule has 2 aliphatic rings. The van der Waals surface area contributed by atoms with Crippen LogP contribution in [0.1, 0.15) is 19.3 Å². The molecule has 0 spiro atoms. The minimum Gasteiger partial charge on any atom is -0.356 e. The largest absolute Gasteiger partial charge is 0.356 e. The van der Waals surface area contributed by atoms with E-state index in [9.17, 15) is 0 Å². The van der Waals surface area contributed by atoms with Gasteiger partial charge in [-0.15, -0.1) is 0 Å². The average molecular weight is 271 g/mol. The van der Waals surface area contributed by atoms with Crippen LogP contribution < -0.4 is 10.2 Å². The number of nitrogens with zero attached hydrogens (tertiary/aromatic N) is 3. The van der Waals surface area contributed by atoms with Gasteiger partial charge in [-0.2, -0.15) is 0 Å². The zero-order valence-corrected chi connectivity index (χ0v) is 11.8. The molecule has 2 N–H and O–H groups in total. The SMILES string of the molecule is CN(c1ncnc2[nH]ccc12)C1CC2CNCC[C@H]2C1. The number of fused-ring (bicyclic) bond motifs is 2. The van der Waals surface area contributed by atoms with Crippen molar-refractivity contribution in [2.75, 3.05) is 25.0 Å². The Kier molecular flexibility index (Phi) is 2.88. The summed E-state index contributed by atoms with van der Waals surface area (Å²) in [5.74, 6) is 2.81. The lowest BCUT2D eigenvalue weighted by Gasteiger charge is -2.26.